The van der Waals surface area contributed by atoms with E-state index in [1.54, 1.807) is 50.2 Å². The van der Waals surface area contributed by atoms with Gasteiger partial charge in [0.1, 0.15) is 12.3 Å². The highest BCUT2D eigenvalue weighted by atomic mass is 16.6. The monoisotopic (exact) mass is 394 g/mol. The molecule has 0 aliphatic rings. The Bertz CT molecular complexity index is 1080. The van der Waals surface area contributed by atoms with Gasteiger partial charge in [-0.05, 0) is 44.2 Å². The molecule has 0 spiro atoms. The van der Waals surface area contributed by atoms with Crippen LogP contribution in [-0.2, 0) is 20.9 Å². The van der Waals surface area contributed by atoms with Crippen LogP contribution in [0.25, 0.3) is 10.8 Å². The summed E-state index contributed by atoms with van der Waals surface area (Å²) < 4.78 is 12.0. The van der Waals surface area contributed by atoms with E-state index in [0.717, 1.165) is 0 Å². The number of hydrogen-bond acceptors (Lipinski definition) is 5. The first-order chi connectivity index (χ1) is 14.0. The summed E-state index contributed by atoms with van der Waals surface area (Å²) in [5.74, 6) is -0.377. The molecule has 0 fully saturated rings. The van der Waals surface area contributed by atoms with Crippen molar-refractivity contribution in [2.45, 2.75) is 26.5 Å². The summed E-state index contributed by atoms with van der Waals surface area (Å²) in [6, 6.07) is 15.7. The lowest BCUT2D eigenvalue weighted by Crippen LogP contribution is -2.28. The highest BCUT2D eigenvalue weighted by Gasteiger charge is 2.18. The van der Waals surface area contributed by atoms with Crippen molar-refractivity contribution in [1.29, 1.82) is 0 Å². The van der Waals surface area contributed by atoms with Crippen LogP contribution in [-0.4, -0.2) is 29.2 Å². The van der Waals surface area contributed by atoms with Crippen LogP contribution >= 0.6 is 0 Å². The Labute approximate surface area is 167 Å². The van der Waals surface area contributed by atoms with Crippen LogP contribution in [0.2, 0.25) is 0 Å². The van der Waals surface area contributed by atoms with Gasteiger partial charge >= 0.3 is 5.97 Å². The zero-order chi connectivity index (χ0) is 20.8. The molecule has 3 aromatic rings. The van der Waals surface area contributed by atoms with E-state index in [4.69, 9.17) is 9.47 Å². The Hall–Kier alpha value is -3.61. The minimum atomic E-state index is -0.806. The van der Waals surface area contributed by atoms with E-state index in [0.29, 0.717) is 22.2 Å². The quantitative estimate of drug-likeness (QED) is 0.623. The average Bonchev–Trinajstić information content (AvgIpc) is 2.71. The molecule has 150 valence electrons. The average molecular weight is 394 g/mol. The summed E-state index contributed by atoms with van der Waals surface area (Å²) in [5.41, 5.74) is 0.343. The van der Waals surface area contributed by atoms with Crippen molar-refractivity contribution < 1.29 is 19.1 Å². The van der Waals surface area contributed by atoms with Gasteiger partial charge in [-0.15, -0.1) is 0 Å². The second kappa shape index (κ2) is 9.05. The van der Waals surface area contributed by atoms with Crippen LogP contribution < -0.4 is 15.6 Å². The van der Waals surface area contributed by atoms with Crippen molar-refractivity contribution in [1.82, 2.24) is 4.57 Å². The Balaban J connectivity index is 1.82. The zero-order valence-electron chi connectivity index (χ0n) is 16.3. The van der Waals surface area contributed by atoms with Gasteiger partial charge < -0.3 is 19.4 Å². The van der Waals surface area contributed by atoms with E-state index < -0.39 is 12.1 Å². The first kappa shape index (κ1) is 20.1. The van der Waals surface area contributed by atoms with Crippen LogP contribution in [0.1, 0.15) is 13.8 Å². The van der Waals surface area contributed by atoms with Gasteiger partial charge in [-0.3, -0.25) is 9.59 Å². The third-order valence-electron chi connectivity index (χ3n) is 4.27. The fourth-order valence-corrected chi connectivity index (χ4v) is 2.89. The Kier molecular flexibility index (Phi) is 6.29. The normalized spacial score (nSPS) is 11.7. The third kappa shape index (κ3) is 4.82. The van der Waals surface area contributed by atoms with Gasteiger partial charge in [0.2, 0.25) is 5.91 Å². The number of aromatic nitrogens is 1. The highest BCUT2D eigenvalue weighted by Crippen LogP contribution is 2.24. The number of carbonyl (C=O) groups is 2. The predicted molar refractivity (Wildman–Crippen MR) is 110 cm³/mol. The molecule has 1 atom stereocenters. The van der Waals surface area contributed by atoms with Crippen LogP contribution in [0.15, 0.2) is 65.6 Å². The maximum absolute atomic E-state index is 12.8. The standard InChI is InChI=1S/C22H22N2O5/c1-3-28-22(27)15(2)29-19-11-7-10-18-17(19)12-13-24(21(18)26)14-20(25)23-16-8-5-4-6-9-16/h4-13,15H,3,14H2,1-2H3,(H,23,25). The number of pyridine rings is 1. The molecular weight excluding hydrogens is 372 g/mol. The maximum Gasteiger partial charge on any atom is 0.347 e. The molecule has 1 heterocycles. The molecule has 0 bridgehead atoms. The minimum Gasteiger partial charge on any atom is -0.478 e. The van der Waals surface area contributed by atoms with E-state index in [-0.39, 0.29) is 24.6 Å². The summed E-state index contributed by atoms with van der Waals surface area (Å²) in [6.45, 7) is 3.46. The Morgan fingerprint density at radius 3 is 2.52 bits per heavy atom. The molecule has 0 radical (unpaired) electrons. The van der Waals surface area contributed by atoms with Crippen molar-refractivity contribution >= 4 is 28.3 Å². The number of benzene rings is 2. The number of para-hydroxylation sites is 1. The van der Waals surface area contributed by atoms with E-state index in [1.165, 1.54) is 10.8 Å². The van der Waals surface area contributed by atoms with Crippen LogP contribution in [0, 0.1) is 0 Å². The molecular formula is C22H22N2O5. The summed E-state index contributed by atoms with van der Waals surface area (Å²) in [4.78, 5) is 36.9. The topological polar surface area (TPSA) is 86.6 Å². The molecule has 2 aromatic carbocycles. The first-order valence-electron chi connectivity index (χ1n) is 9.30. The molecule has 29 heavy (non-hydrogen) atoms. The number of anilines is 1. The van der Waals surface area contributed by atoms with Gasteiger partial charge in [-0.25, -0.2) is 4.79 Å². The molecule has 0 saturated heterocycles. The first-order valence-corrected chi connectivity index (χ1v) is 9.30. The van der Waals surface area contributed by atoms with Crippen molar-refractivity contribution in [2.75, 3.05) is 11.9 Å². The number of ether oxygens (including phenoxy) is 2. The van der Waals surface area contributed by atoms with E-state index in [1.807, 2.05) is 18.2 Å². The highest BCUT2D eigenvalue weighted by molar-refractivity contribution is 5.91. The van der Waals surface area contributed by atoms with E-state index in [2.05, 4.69) is 5.32 Å². The SMILES string of the molecule is CCOC(=O)C(C)Oc1cccc2c(=O)n(CC(=O)Nc3ccccc3)ccc12. The van der Waals surface area contributed by atoms with E-state index in [9.17, 15) is 14.4 Å². The third-order valence-corrected chi connectivity index (χ3v) is 4.27. The molecule has 1 aromatic heterocycles. The van der Waals surface area contributed by atoms with Crippen molar-refractivity contribution in [3.05, 3.63) is 71.1 Å². The van der Waals surface area contributed by atoms with Crippen LogP contribution in [0.3, 0.4) is 0 Å². The number of nitrogens with zero attached hydrogens (tertiary/aromatic N) is 1. The van der Waals surface area contributed by atoms with Gasteiger partial charge in [0.15, 0.2) is 6.10 Å². The zero-order valence-corrected chi connectivity index (χ0v) is 16.3. The molecule has 1 unspecified atom stereocenters. The second-order valence-corrected chi connectivity index (χ2v) is 6.39. The molecule has 0 saturated carbocycles. The van der Waals surface area contributed by atoms with Gasteiger partial charge in [-0.2, -0.15) is 0 Å². The number of hydrogen-bond donors (Lipinski definition) is 1. The number of rotatable bonds is 7. The molecule has 7 heteroatoms. The molecule has 0 aliphatic heterocycles. The molecule has 3 rings (SSSR count). The lowest BCUT2D eigenvalue weighted by molar-refractivity contribution is -0.150. The number of nitrogens with one attached hydrogen (secondary N) is 1. The number of carbonyl (C=O) groups excluding carboxylic acids is 2. The molecule has 7 nitrogen and oxygen atoms in total. The summed E-state index contributed by atoms with van der Waals surface area (Å²) in [6.07, 6.45) is 0.733. The molecule has 0 aliphatic carbocycles. The largest absolute Gasteiger partial charge is 0.478 e. The van der Waals surface area contributed by atoms with Gasteiger partial charge in [-0.1, -0.05) is 24.3 Å². The minimum absolute atomic E-state index is 0.117. The second-order valence-electron chi connectivity index (χ2n) is 6.39. The van der Waals surface area contributed by atoms with Gasteiger partial charge in [0, 0.05) is 17.3 Å². The fourth-order valence-electron chi connectivity index (χ4n) is 2.89. The molecule has 1 N–H and O–H groups in total. The predicted octanol–water partition coefficient (Wildman–Crippen LogP) is 2.97. The number of amides is 1. The summed E-state index contributed by atoms with van der Waals surface area (Å²) in [7, 11) is 0. The summed E-state index contributed by atoms with van der Waals surface area (Å²) in [5, 5.41) is 3.71. The van der Waals surface area contributed by atoms with E-state index >= 15 is 0 Å². The Morgan fingerprint density at radius 1 is 1.03 bits per heavy atom. The van der Waals surface area contributed by atoms with Crippen LogP contribution in [0.4, 0.5) is 5.69 Å². The number of esters is 1. The van der Waals surface area contributed by atoms with Crippen molar-refractivity contribution in [3.8, 4) is 5.75 Å². The fraction of sp³-hybridized carbons (Fsp3) is 0.227. The Morgan fingerprint density at radius 2 is 1.79 bits per heavy atom. The smallest absolute Gasteiger partial charge is 0.347 e. The van der Waals surface area contributed by atoms with Gasteiger partial charge in [0.05, 0.1) is 12.0 Å². The summed E-state index contributed by atoms with van der Waals surface area (Å²) >= 11 is 0. The molecule has 1 amide bonds. The van der Waals surface area contributed by atoms with Gasteiger partial charge in [0.25, 0.3) is 5.56 Å². The van der Waals surface area contributed by atoms with Crippen molar-refractivity contribution in [3.63, 3.8) is 0 Å². The van der Waals surface area contributed by atoms with Crippen LogP contribution in [0.5, 0.6) is 5.75 Å². The lowest BCUT2D eigenvalue weighted by atomic mass is 10.1. The van der Waals surface area contributed by atoms with Crippen molar-refractivity contribution in [2.24, 2.45) is 0 Å². The number of fused-ring (bicyclic) bond motifs is 1. The lowest BCUT2D eigenvalue weighted by Gasteiger charge is -2.15. The maximum atomic E-state index is 12.8.